The molecule has 1 aromatic heterocycles. The average Bonchev–Trinajstić information content (AvgIpc) is 2.59. The lowest BCUT2D eigenvalue weighted by atomic mass is 10.2. The molecule has 0 atom stereocenters. The van der Waals surface area contributed by atoms with Crippen molar-refractivity contribution in [2.24, 2.45) is 0 Å². The Morgan fingerprint density at radius 1 is 1.21 bits per heavy atom. The summed E-state index contributed by atoms with van der Waals surface area (Å²) in [5, 5.41) is 3.77. The van der Waals surface area contributed by atoms with E-state index in [1.807, 2.05) is 19.1 Å². The van der Waals surface area contributed by atoms with E-state index in [0.29, 0.717) is 37.1 Å². The van der Waals surface area contributed by atoms with Gasteiger partial charge in [0.15, 0.2) is 0 Å². The fourth-order valence-electron chi connectivity index (χ4n) is 2.41. The molecule has 0 radical (unpaired) electrons. The smallest absolute Gasteiger partial charge is 0.244 e. The minimum Gasteiger partial charge on any atom is -0.379 e. The van der Waals surface area contributed by atoms with Crippen molar-refractivity contribution in [3.05, 3.63) is 47.1 Å². The molecule has 2 aromatic rings. The fraction of sp³-hybridized carbons (Fsp3) is 0.312. The lowest BCUT2D eigenvalue weighted by Gasteiger charge is -2.25. The first kappa shape index (κ1) is 17.2. The second-order valence-electron chi connectivity index (χ2n) is 5.48. The molecule has 8 heteroatoms. The third-order valence-corrected chi connectivity index (χ3v) is 5.92. The number of anilines is 2. The van der Waals surface area contributed by atoms with Crippen LogP contribution in [0, 0.1) is 6.92 Å². The predicted molar refractivity (Wildman–Crippen MR) is 93.3 cm³/mol. The SMILES string of the molecule is Cc1ccc(Cl)cc1Nc1ccc(S(=O)(=O)N2CCOCC2)cn1. The standard InChI is InChI=1S/C16H18ClN3O3S/c1-12-2-3-13(17)10-15(12)19-16-5-4-14(11-18-16)24(21,22)20-6-8-23-9-7-20/h2-5,10-11H,6-9H2,1H3,(H,18,19). The molecule has 1 aliphatic heterocycles. The summed E-state index contributed by atoms with van der Waals surface area (Å²) in [6.07, 6.45) is 1.37. The van der Waals surface area contributed by atoms with Crippen LogP contribution in [0.5, 0.6) is 0 Å². The van der Waals surface area contributed by atoms with E-state index in [1.165, 1.54) is 10.5 Å². The maximum absolute atomic E-state index is 12.5. The fourth-order valence-corrected chi connectivity index (χ4v) is 3.94. The van der Waals surface area contributed by atoms with Crippen LogP contribution < -0.4 is 5.32 Å². The van der Waals surface area contributed by atoms with Crippen molar-refractivity contribution in [1.29, 1.82) is 0 Å². The van der Waals surface area contributed by atoms with Crippen LogP contribution in [0.1, 0.15) is 5.56 Å². The Hall–Kier alpha value is -1.67. The number of benzene rings is 1. The summed E-state index contributed by atoms with van der Waals surface area (Å²) in [6, 6.07) is 8.72. The molecule has 0 spiro atoms. The quantitative estimate of drug-likeness (QED) is 0.899. The minimum absolute atomic E-state index is 0.178. The topological polar surface area (TPSA) is 71.5 Å². The predicted octanol–water partition coefficient (Wildman–Crippen LogP) is 2.81. The maximum Gasteiger partial charge on any atom is 0.244 e. The van der Waals surface area contributed by atoms with E-state index in [-0.39, 0.29) is 4.90 Å². The van der Waals surface area contributed by atoms with E-state index >= 15 is 0 Å². The van der Waals surface area contributed by atoms with Crippen molar-refractivity contribution in [2.45, 2.75) is 11.8 Å². The Bertz CT molecular complexity index is 819. The van der Waals surface area contributed by atoms with Gasteiger partial charge in [0, 0.05) is 30.0 Å². The number of ether oxygens (including phenoxy) is 1. The Labute approximate surface area is 146 Å². The summed E-state index contributed by atoms with van der Waals surface area (Å²) >= 11 is 6.00. The summed E-state index contributed by atoms with van der Waals surface area (Å²) in [5.41, 5.74) is 1.85. The molecule has 128 valence electrons. The van der Waals surface area contributed by atoms with Crippen molar-refractivity contribution in [3.8, 4) is 0 Å². The third-order valence-electron chi connectivity index (χ3n) is 3.81. The van der Waals surface area contributed by atoms with Gasteiger partial charge in [0.05, 0.1) is 13.2 Å². The number of aromatic nitrogens is 1. The van der Waals surface area contributed by atoms with Gasteiger partial charge in [0.25, 0.3) is 0 Å². The summed E-state index contributed by atoms with van der Waals surface area (Å²) in [4.78, 5) is 4.39. The molecule has 1 aromatic carbocycles. The van der Waals surface area contributed by atoms with Crippen LogP contribution in [0.15, 0.2) is 41.4 Å². The zero-order chi connectivity index (χ0) is 17.2. The van der Waals surface area contributed by atoms with E-state index in [0.717, 1.165) is 11.3 Å². The normalized spacial score (nSPS) is 16.1. The van der Waals surface area contributed by atoms with Gasteiger partial charge in [-0.2, -0.15) is 4.31 Å². The first-order valence-corrected chi connectivity index (χ1v) is 9.36. The first-order chi connectivity index (χ1) is 11.5. The lowest BCUT2D eigenvalue weighted by Crippen LogP contribution is -2.40. The highest BCUT2D eigenvalue weighted by atomic mass is 35.5. The molecular formula is C16H18ClN3O3S. The molecule has 6 nitrogen and oxygen atoms in total. The number of sulfonamides is 1. The Kier molecular flexibility index (Phi) is 5.05. The molecule has 2 heterocycles. The van der Waals surface area contributed by atoms with E-state index in [2.05, 4.69) is 10.3 Å². The minimum atomic E-state index is -3.52. The highest BCUT2D eigenvalue weighted by molar-refractivity contribution is 7.89. The number of halogens is 1. The van der Waals surface area contributed by atoms with E-state index in [9.17, 15) is 8.42 Å². The molecule has 1 fully saturated rings. The highest BCUT2D eigenvalue weighted by Crippen LogP contribution is 2.24. The van der Waals surface area contributed by atoms with Gasteiger partial charge in [0.2, 0.25) is 10.0 Å². The molecule has 0 bridgehead atoms. The van der Waals surface area contributed by atoms with Gasteiger partial charge in [-0.05, 0) is 36.8 Å². The van der Waals surface area contributed by atoms with Crippen molar-refractivity contribution in [3.63, 3.8) is 0 Å². The molecule has 3 rings (SSSR count). The average molecular weight is 368 g/mol. The van der Waals surface area contributed by atoms with Crippen LogP contribution in [0.25, 0.3) is 0 Å². The summed E-state index contributed by atoms with van der Waals surface area (Å²) in [5.74, 6) is 0.557. The van der Waals surface area contributed by atoms with Crippen molar-refractivity contribution in [1.82, 2.24) is 9.29 Å². The van der Waals surface area contributed by atoms with Crippen molar-refractivity contribution in [2.75, 3.05) is 31.6 Å². The number of nitrogens with zero attached hydrogens (tertiary/aromatic N) is 2. The van der Waals surface area contributed by atoms with Crippen LogP contribution in [0.2, 0.25) is 5.02 Å². The largest absolute Gasteiger partial charge is 0.379 e. The number of hydrogen-bond acceptors (Lipinski definition) is 5. The Morgan fingerprint density at radius 2 is 1.96 bits per heavy atom. The van der Waals surface area contributed by atoms with Gasteiger partial charge in [-0.1, -0.05) is 17.7 Å². The number of nitrogens with one attached hydrogen (secondary N) is 1. The van der Waals surface area contributed by atoms with Crippen molar-refractivity contribution >= 4 is 33.1 Å². The van der Waals surface area contributed by atoms with Gasteiger partial charge < -0.3 is 10.1 Å². The van der Waals surface area contributed by atoms with E-state index in [4.69, 9.17) is 16.3 Å². The van der Waals surface area contributed by atoms with Crippen LogP contribution in [0.3, 0.4) is 0 Å². The molecule has 0 unspecified atom stereocenters. The molecule has 0 aliphatic carbocycles. The van der Waals surface area contributed by atoms with Crippen LogP contribution in [-0.4, -0.2) is 44.0 Å². The molecule has 1 aliphatic rings. The molecule has 1 saturated heterocycles. The maximum atomic E-state index is 12.5. The number of morpholine rings is 1. The van der Waals surface area contributed by atoms with Crippen molar-refractivity contribution < 1.29 is 13.2 Å². The zero-order valence-electron chi connectivity index (χ0n) is 13.2. The molecule has 0 amide bonds. The van der Waals surface area contributed by atoms with Crippen LogP contribution in [0.4, 0.5) is 11.5 Å². The Morgan fingerprint density at radius 3 is 2.62 bits per heavy atom. The summed E-state index contributed by atoms with van der Waals surface area (Å²) in [6.45, 7) is 3.52. The number of rotatable bonds is 4. The third kappa shape index (κ3) is 3.70. The molecule has 0 saturated carbocycles. The van der Waals surface area contributed by atoms with E-state index < -0.39 is 10.0 Å². The molecule has 24 heavy (non-hydrogen) atoms. The van der Waals surface area contributed by atoms with Gasteiger partial charge >= 0.3 is 0 Å². The zero-order valence-corrected chi connectivity index (χ0v) is 14.8. The lowest BCUT2D eigenvalue weighted by molar-refractivity contribution is 0.0730. The number of pyridine rings is 1. The van der Waals surface area contributed by atoms with Gasteiger partial charge in [-0.3, -0.25) is 0 Å². The molecule has 1 N–H and O–H groups in total. The monoisotopic (exact) mass is 367 g/mol. The number of aryl methyl sites for hydroxylation is 1. The van der Waals surface area contributed by atoms with E-state index in [1.54, 1.807) is 18.2 Å². The second kappa shape index (κ2) is 7.06. The second-order valence-corrected chi connectivity index (χ2v) is 7.85. The van der Waals surface area contributed by atoms with Crippen LogP contribution in [-0.2, 0) is 14.8 Å². The summed E-state index contributed by atoms with van der Waals surface area (Å²) < 4.78 is 31.7. The van der Waals surface area contributed by atoms with Gasteiger partial charge in [-0.15, -0.1) is 0 Å². The number of hydrogen-bond donors (Lipinski definition) is 1. The molecular weight excluding hydrogens is 350 g/mol. The van der Waals surface area contributed by atoms with Crippen LogP contribution >= 0.6 is 11.6 Å². The first-order valence-electron chi connectivity index (χ1n) is 7.54. The van der Waals surface area contributed by atoms with Gasteiger partial charge in [-0.25, -0.2) is 13.4 Å². The summed E-state index contributed by atoms with van der Waals surface area (Å²) in [7, 11) is -3.52. The van der Waals surface area contributed by atoms with Gasteiger partial charge in [0.1, 0.15) is 10.7 Å². The Balaban J connectivity index is 1.79. The highest BCUT2D eigenvalue weighted by Gasteiger charge is 2.26.